The van der Waals surface area contributed by atoms with Gasteiger partial charge in [0.2, 0.25) is 10.0 Å². The summed E-state index contributed by atoms with van der Waals surface area (Å²) >= 11 is 1.99. The summed E-state index contributed by atoms with van der Waals surface area (Å²) < 4.78 is 24.6. The van der Waals surface area contributed by atoms with E-state index in [2.05, 4.69) is 4.90 Å². The lowest BCUT2D eigenvalue weighted by molar-refractivity contribution is 0.0523. The summed E-state index contributed by atoms with van der Waals surface area (Å²) in [5, 5.41) is 0. The molecule has 7 heteroatoms. The molecule has 2 heterocycles. The van der Waals surface area contributed by atoms with E-state index in [-0.39, 0.29) is 5.54 Å². The van der Waals surface area contributed by atoms with Crippen LogP contribution in [0.1, 0.15) is 12.8 Å². The highest BCUT2D eigenvalue weighted by Crippen LogP contribution is 2.32. The average molecular weight is 293 g/mol. The SMILES string of the molecule is CS(=O)(=O)N1CCN(C2(CN)CCSCC2)CC1. The van der Waals surface area contributed by atoms with Crippen molar-refractivity contribution in [2.24, 2.45) is 5.73 Å². The molecule has 0 aromatic rings. The molecular formula is C11H23N3O2S2. The fraction of sp³-hybridized carbons (Fsp3) is 1.00. The Morgan fingerprint density at radius 3 is 2.17 bits per heavy atom. The van der Waals surface area contributed by atoms with E-state index < -0.39 is 10.0 Å². The standard InChI is InChI=1S/C11H23N3O2S2/c1-18(15,16)14-6-4-13(5-7-14)11(10-12)2-8-17-9-3-11/h2-10,12H2,1H3. The van der Waals surface area contributed by atoms with Gasteiger partial charge in [-0.15, -0.1) is 0 Å². The Labute approximate surface area is 114 Å². The Balaban J connectivity index is 1.99. The molecule has 0 atom stereocenters. The lowest BCUT2D eigenvalue weighted by atomic mass is 9.89. The van der Waals surface area contributed by atoms with E-state index in [1.165, 1.54) is 17.8 Å². The zero-order valence-corrected chi connectivity index (χ0v) is 12.6. The number of hydrogen-bond donors (Lipinski definition) is 1. The molecule has 0 aliphatic carbocycles. The third-order valence-electron chi connectivity index (χ3n) is 4.18. The van der Waals surface area contributed by atoms with Gasteiger partial charge in [0.05, 0.1) is 6.26 Å². The number of nitrogens with zero attached hydrogens (tertiary/aromatic N) is 2. The van der Waals surface area contributed by atoms with Crippen molar-refractivity contribution in [1.82, 2.24) is 9.21 Å². The first-order valence-electron chi connectivity index (χ1n) is 6.46. The van der Waals surface area contributed by atoms with Crippen LogP contribution >= 0.6 is 11.8 Å². The van der Waals surface area contributed by atoms with Crippen molar-refractivity contribution in [3.8, 4) is 0 Å². The number of piperazine rings is 1. The Kier molecular flexibility index (Phi) is 4.59. The van der Waals surface area contributed by atoms with Gasteiger partial charge in [0.1, 0.15) is 0 Å². The number of rotatable bonds is 3. The maximum atomic E-state index is 11.5. The smallest absolute Gasteiger partial charge is 0.211 e. The average Bonchev–Trinajstić information content (AvgIpc) is 2.39. The van der Waals surface area contributed by atoms with Crippen molar-refractivity contribution in [3.05, 3.63) is 0 Å². The van der Waals surface area contributed by atoms with E-state index in [0.717, 1.165) is 25.9 Å². The van der Waals surface area contributed by atoms with Crippen molar-refractivity contribution < 1.29 is 8.42 Å². The van der Waals surface area contributed by atoms with Crippen LogP contribution in [-0.2, 0) is 10.0 Å². The molecule has 0 spiro atoms. The van der Waals surface area contributed by atoms with Crippen LogP contribution in [0, 0.1) is 0 Å². The van der Waals surface area contributed by atoms with Gasteiger partial charge in [0, 0.05) is 38.3 Å². The van der Waals surface area contributed by atoms with Gasteiger partial charge in [0.25, 0.3) is 0 Å². The molecule has 2 aliphatic heterocycles. The number of sulfonamides is 1. The minimum atomic E-state index is -3.04. The molecule has 0 radical (unpaired) electrons. The normalized spacial score (nSPS) is 27.2. The summed E-state index contributed by atoms with van der Waals surface area (Å²) in [6.07, 6.45) is 3.55. The zero-order valence-electron chi connectivity index (χ0n) is 11.0. The number of thioether (sulfide) groups is 1. The predicted molar refractivity (Wildman–Crippen MR) is 76.3 cm³/mol. The van der Waals surface area contributed by atoms with Crippen LogP contribution in [0.4, 0.5) is 0 Å². The summed E-state index contributed by atoms with van der Waals surface area (Å²) in [6, 6.07) is 0. The van der Waals surface area contributed by atoms with Crippen LogP contribution < -0.4 is 5.73 Å². The summed E-state index contributed by atoms with van der Waals surface area (Å²) in [5.74, 6) is 2.34. The van der Waals surface area contributed by atoms with Gasteiger partial charge in [-0.25, -0.2) is 8.42 Å². The highest BCUT2D eigenvalue weighted by atomic mass is 32.2. The molecule has 106 valence electrons. The Morgan fingerprint density at radius 2 is 1.72 bits per heavy atom. The molecule has 0 bridgehead atoms. The zero-order chi connectivity index (χ0) is 13.2. The van der Waals surface area contributed by atoms with Crippen molar-refractivity contribution in [1.29, 1.82) is 0 Å². The molecule has 0 saturated carbocycles. The molecule has 2 N–H and O–H groups in total. The van der Waals surface area contributed by atoms with Crippen LogP contribution in [-0.4, -0.2) is 73.6 Å². The molecule has 2 aliphatic rings. The first kappa shape index (κ1) is 14.6. The van der Waals surface area contributed by atoms with E-state index in [1.807, 2.05) is 11.8 Å². The molecule has 18 heavy (non-hydrogen) atoms. The van der Waals surface area contributed by atoms with E-state index >= 15 is 0 Å². The van der Waals surface area contributed by atoms with Gasteiger partial charge >= 0.3 is 0 Å². The molecule has 2 rings (SSSR count). The first-order valence-corrected chi connectivity index (χ1v) is 9.46. The largest absolute Gasteiger partial charge is 0.329 e. The van der Waals surface area contributed by atoms with Gasteiger partial charge in [-0.05, 0) is 24.3 Å². The summed E-state index contributed by atoms with van der Waals surface area (Å²) in [6.45, 7) is 3.53. The fourth-order valence-electron chi connectivity index (χ4n) is 2.89. The highest BCUT2D eigenvalue weighted by molar-refractivity contribution is 7.99. The van der Waals surface area contributed by atoms with E-state index in [4.69, 9.17) is 5.73 Å². The number of hydrogen-bond acceptors (Lipinski definition) is 5. The van der Waals surface area contributed by atoms with E-state index in [9.17, 15) is 8.42 Å². The summed E-state index contributed by atoms with van der Waals surface area (Å²) in [7, 11) is -3.04. The lowest BCUT2D eigenvalue weighted by Gasteiger charge is -2.48. The molecular weight excluding hydrogens is 270 g/mol. The third-order valence-corrected chi connectivity index (χ3v) is 6.47. The van der Waals surface area contributed by atoms with Gasteiger partial charge < -0.3 is 5.73 Å². The summed E-state index contributed by atoms with van der Waals surface area (Å²) in [5.41, 5.74) is 6.13. The van der Waals surface area contributed by atoms with Gasteiger partial charge in [-0.3, -0.25) is 4.90 Å². The summed E-state index contributed by atoms with van der Waals surface area (Å²) in [4.78, 5) is 2.42. The van der Waals surface area contributed by atoms with Crippen molar-refractivity contribution in [2.45, 2.75) is 18.4 Å². The second-order valence-corrected chi connectivity index (χ2v) is 8.40. The van der Waals surface area contributed by atoms with Gasteiger partial charge in [-0.2, -0.15) is 16.1 Å². The van der Waals surface area contributed by atoms with Crippen molar-refractivity contribution in [2.75, 3.05) is 50.5 Å². The third kappa shape index (κ3) is 3.01. The van der Waals surface area contributed by atoms with Gasteiger partial charge in [-0.1, -0.05) is 0 Å². The Hall–Kier alpha value is 0.180. The first-order chi connectivity index (χ1) is 8.48. The quantitative estimate of drug-likeness (QED) is 0.780. The van der Waals surface area contributed by atoms with E-state index in [0.29, 0.717) is 19.6 Å². The molecule has 0 aromatic carbocycles. The maximum absolute atomic E-state index is 11.5. The van der Waals surface area contributed by atoms with Crippen LogP contribution in [0.5, 0.6) is 0 Å². The second-order valence-electron chi connectivity index (χ2n) is 5.19. The van der Waals surface area contributed by atoms with Crippen LogP contribution in [0.25, 0.3) is 0 Å². The minimum Gasteiger partial charge on any atom is -0.329 e. The Bertz CT molecular complexity index is 372. The number of nitrogens with two attached hydrogens (primary N) is 1. The molecule has 5 nitrogen and oxygen atoms in total. The molecule has 0 amide bonds. The van der Waals surface area contributed by atoms with E-state index in [1.54, 1.807) is 4.31 Å². The molecule has 2 fully saturated rings. The monoisotopic (exact) mass is 293 g/mol. The topological polar surface area (TPSA) is 66.6 Å². The molecule has 0 aromatic heterocycles. The molecule has 2 saturated heterocycles. The van der Waals surface area contributed by atoms with Gasteiger partial charge in [0.15, 0.2) is 0 Å². The fourth-order valence-corrected chi connectivity index (χ4v) is 4.97. The highest BCUT2D eigenvalue weighted by Gasteiger charge is 2.39. The van der Waals surface area contributed by atoms with Crippen molar-refractivity contribution in [3.63, 3.8) is 0 Å². The van der Waals surface area contributed by atoms with Crippen LogP contribution in [0.2, 0.25) is 0 Å². The lowest BCUT2D eigenvalue weighted by Crippen LogP contribution is -2.61. The van der Waals surface area contributed by atoms with Crippen LogP contribution in [0.3, 0.4) is 0 Å². The van der Waals surface area contributed by atoms with Crippen LogP contribution in [0.15, 0.2) is 0 Å². The second kappa shape index (κ2) is 5.66. The molecule has 0 unspecified atom stereocenters. The predicted octanol–water partition coefficient (Wildman–Crippen LogP) is -0.212. The Morgan fingerprint density at radius 1 is 1.17 bits per heavy atom. The minimum absolute atomic E-state index is 0.120. The maximum Gasteiger partial charge on any atom is 0.211 e. The van der Waals surface area contributed by atoms with Crippen molar-refractivity contribution >= 4 is 21.8 Å².